The quantitative estimate of drug-likeness (QED) is 0.331. The average molecular weight is 174 g/mol. The highest BCUT2D eigenvalue weighted by Gasteiger charge is 2.05. The van der Waals surface area contributed by atoms with Crippen molar-refractivity contribution in [1.82, 2.24) is 0 Å². The molecule has 0 aliphatic heterocycles. The Balaban J connectivity index is 3.27. The zero-order valence-electron chi connectivity index (χ0n) is 7.51. The van der Waals surface area contributed by atoms with E-state index in [1.807, 2.05) is 6.08 Å². The van der Waals surface area contributed by atoms with Gasteiger partial charge in [0.1, 0.15) is 0 Å². The molecule has 0 aromatic heterocycles. The third kappa shape index (κ3) is 6.28. The van der Waals surface area contributed by atoms with E-state index in [4.69, 9.17) is 9.16 Å². The number of ether oxygens (including phenoxy) is 1. The third-order valence-corrected chi connectivity index (χ3v) is 4.00. The number of methoxy groups -OCH3 is 1. The van der Waals surface area contributed by atoms with Crippen LogP contribution in [0, 0.1) is 0 Å². The molecule has 1 unspecified atom stereocenters. The van der Waals surface area contributed by atoms with Crippen molar-refractivity contribution < 1.29 is 9.16 Å². The van der Waals surface area contributed by atoms with Crippen LogP contribution in [0.15, 0.2) is 12.7 Å². The van der Waals surface area contributed by atoms with Gasteiger partial charge in [-0.2, -0.15) is 0 Å². The van der Waals surface area contributed by atoms with E-state index >= 15 is 0 Å². The molecule has 3 heteroatoms. The first kappa shape index (κ1) is 10.9. The van der Waals surface area contributed by atoms with Crippen LogP contribution >= 0.6 is 0 Å². The number of rotatable bonds is 7. The van der Waals surface area contributed by atoms with Gasteiger partial charge in [-0.1, -0.05) is 13.0 Å². The van der Waals surface area contributed by atoms with Gasteiger partial charge < -0.3 is 9.16 Å². The highest BCUT2D eigenvalue weighted by Crippen LogP contribution is 2.00. The van der Waals surface area contributed by atoms with Crippen molar-refractivity contribution in [3.63, 3.8) is 0 Å². The van der Waals surface area contributed by atoms with Gasteiger partial charge in [0.05, 0.1) is 13.2 Å². The Bertz CT molecular complexity index is 96.1. The minimum Gasteiger partial charge on any atom is -0.417 e. The molecule has 0 bridgehead atoms. The van der Waals surface area contributed by atoms with E-state index in [1.165, 1.54) is 6.04 Å². The molecule has 0 amide bonds. The lowest BCUT2D eigenvalue weighted by Crippen LogP contribution is -2.18. The lowest BCUT2D eigenvalue weighted by Gasteiger charge is -2.11. The maximum atomic E-state index is 5.61. The SMILES string of the molecule is C=CC[SiH](CC)OCCOC. The molecular weight excluding hydrogens is 156 g/mol. The molecule has 0 saturated carbocycles. The van der Waals surface area contributed by atoms with Gasteiger partial charge in [-0.3, -0.25) is 0 Å². The topological polar surface area (TPSA) is 18.5 Å². The molecule has 0 rings (SSSR count). The molecule has 11 heavy (non-hydrogen) atoms. The number of hydrogen-bond acceptors (Lipinski definition) is 2. The van der Waals surface area contributed by atoms with Crippen molar-refractivity contribution in [2.75, 3.05) is 20.3 Å². The fraction of sp³-hybridized carbons (Fsp3) is 0.750. The molecular formula is C8H18O2Si. The van der Waals surface area contributed by atoms with E-state index < -0.39 is 9.04 Å². The standard InChI is InChI=1S/C8H18O2Si/c1-4-8-11(5-2)10-7-6-9-3/h4,11H,1,5-8H2,2-3H3. The van der Waals surface area contributed by atoms with Crippen LogP contribution in [0.2, 0.25) is 12.1 Å². The fourth-order valence-corrected chi connectivity index (χ4v) is 2.34. The van der Waals surface area contributed by atoms with E-state index in [0.717, 1.165) is 12.7 Å². The lowest BCUT2D eigenvalue weighted by atomic mass is 10.8. The summed E-state index contributed by atoms with van der Waals surface area (Å²) in [4.78, 5) is 0. The second kappa shape index (κ2) is 7.98. The summed E-state index contributed by atoms with van der Waals surface area (Å²) in [6.45, 7) is 7.33. The monoisotopic (exact) mass is 174 g/mol. The van der Waals surface area contributed by atoms with Gasteiger partial charge in [0, 0.05) is 7.11 Å². The molecule has 66 valence electrons. The first-order valence-electron chi connectivity index (χ1n) is 4.06. The van der Waals surface area contributed by atoms with Crippen molar-refractivity contribution in [3.05, 3.63) is 12.7 Å². The summed E-state index contributed by atoms with van der Waals surface area (Å²) in [7, 11) is 0.751. The van der Waals surface area contributed by atoms with Gasteiger partial charge in [-0.25, -0.2) is 0 Å². The summed E-state index contributed by atoms with van der Waals surface area (Å²) in [5.41, 5.74) is 0. The largest absolute Gasteiger partial charge is 0.417 e. The first-order chi connectivity index (χ1) is 5.35. The van der Waals surface area contributed by atoms with Crippen LogP contribution in [0.25, 0.3) is 0 Å². The summed E-state index contributed by atoms with van der Waals surface area (Å²) in [5, 5.41) is 0. The van der Waals surface area contributed by atoms with Gasteiger partial charge >= 0.3 is 0 Å². The second-order valence-corrected chi connectivity index (χ2v) is 5.28. The van der Waals surface area contributed by atoms with E-state index in [2.05, 4.69) is 13.5 Å². The summed E-state index contributed by atoms with van der Waals surface area (Å²) < 4.78 is 10.5. The molecule has 0 fully saturated rings. The maximum absolute atomic E-state index is 5.61. The molecule has 0 heterocycles. The molecule has 0 aliphatic rings. The molecule has 0 aromatic rings. The molecule has 0 radical (unpaired) electrons. The van der Waals surface area contributed by atoms with Crippen LogP contribution in [0.1, 0.15) is 6.92 Å². The Hall–Kier alpha value is -0.123. The summed E-state index contributed by atoms with van der Waals surface area (Å²) in [5.74, 6) is 0. The molecule has 1 atom stereocenters. The predicted octanol–water partition coefficient (Wildman–Crippen LogP) is 1.58. The van der Waals surface area contributed by atoms with Crippen LogP contribution in [-0.2, 0) is 9.16 Å². The van der Waals surface area contributed by atoms with Crippen LogP contribution in [0.3, 0.4) is 0 Å². The molecule has 2 nitrogen and oxygen atoms in total. The Morgan fingerprint density at radius 2 is 2.18 bits per heavy atom. The third-order valence-electron chi connectivity index (χ3n) is 1.53. The van der Waals surface area contributed by atoms with Crippen molar-refractivity contribution in [2.45, 2.75) is 19.0 Å². The average Bonchev–Trinajstić information content (AvgIpc) is 2.03. The molecule has 0 spiro atoms. The summed E-state index contributed by atoms with van der Waals surface area (Å²) in [6.07, 6.45) is 1.95. The minimum absolute atomic E-state index is 0.709. The van der Waals surface area contributed by atoms with E-state index in [9.17, 15) is 0 Å². The van der Waals surface area contributed by atoms with Crippen LogP contribution in [-0.4, -0.2) is 29.4 Å². The van der Waals surface area contributed by atoms with Gasteiger partial charge in [0.25, 0.3) is 0 Å². The minimum atomic E-state index is -0.943. The molecule has 0 aromatic carbocycles. The van der Waals surface area contributed by atoms with E-state index in [1.54, 1.807) is 7.11 Å². The fourth-order valence-electron chi connectivity index (χ4n) is 0.837. The van der Waals surface area contributed by atoms with Crippen LogP contribution < -0.4 is 0 Å². The summed E-state index contributed by atoms with van der Waals surface area (Å²) in [6, 6.07) is 2.25. The second-order valence-electron chi connectivity index (χ2n) is 2.42. The van der Waals surface area contributed by atoms with E-state index in [0.29, 0.717) is 6.61 Å². The normalized spacial score (nSPS) is 12.9. The van der Waals surface area contributed by atoms with E-state index in [-0.39, 0.29) is 0 Å². The number of hydrogen-bond donors (Lipinski definition) is 0. The Morgan fingerprint density at radius 1 is 1.45 bits per heavy atom. The smallest absolute Gasteiger partial charge is 0.180 e. The highest BCUT2D eigenvalue weighted by molar-refractivity contribution is 6.52. The highest BCUT2D eigenvalue weighted by atomic mass is 28.3. The Morgan fingerprint density at radius 3 is 2.64 bits per heavy atom. The first-order valence-corrected chi connectivity index (χ1v) is 6.17. The lowest BCUT2D eigenvalue weighted by molar-refractivity contribution is 0.145. The predicted molar refractivity (Wildman–Crippen MR) is 50.5 cm³/mol. The maximum Gasteiger partial charge on any atom is 0.180 e. The Kier molecular flexibility index (Phi) is 7.89. The van der Waals surface area contributed by atoms with Gasteiger partial charge in [-0.15, -0.1) is 6.58 Å². The van der Waals surface area contributed by atoms with Crippen molar-refractivity contribution >= 4 is 9.04 Å². The van der Waals surface area contributed by atoms with Crippen LogP contribution in [0.5, 0.6) is 0 Å². The Labute approximate surface area is 70.9 Å². The molecule has 0 N–H and O–H groups in total. The zero-order valence-corrected chi connectivity index (χ0v) is 8.66. The van der Waals surface area contributed by atoms with Gasteiger partial charge in [0.15, 0.2) is 9.04 Å². The van der Waals surface area contributed by atoms with Crippen molar-refractivity contribution in [1.29, 1.82) is 0 Å². The zero-order chi connectivity index (χ0) is 8.53. The summed E-state index contributed by atoms with van der Waals surface area (Å²) >= 11 is 0. The van der Waals surface area contributed by atoms with Crippen molar-refractivity contribution in [3.8, 4) is 0 Å². The number of allylic oxidation sites excluding steroid dienone is 1. The van der Waals surface area contributed by atoms with Gasteiger partial charge in [0.2, 0.25) is 0 Å². The van der Waals surface area contributed by atoms with Crippen LogP contribution in [0.4, 0.5) is 0 Å². The molecule has 0 aliphatic carbocycles. The molecule has 0 saturated heterocycles. The van der Waals surface area contributed by atoms with Gasteiger partial charge in [-0.05, 0) is 12.1 Å². The van der Waals surface area contributed by atoms with Crippen molar-refractivity contribution in [2.24, 2.45) is 0 Å².